The van der Waals surface area contributed by atoms with Gasteiger partial charge in [0, 0.05) is 5.02 Å². The maximum absolute atomic E-state index is 11.8. The lowest BCUT2D eigenvalue weighted by molar-refractivity contribution is -0.123. The standard InChI is InChI=1S/C19H20ClIN2O4/c1-3-25-17-10-13(9-16(21)19(17)26-4-2)11-22-23-18(24)12-27-15-7-5-14(20)6-8-15/h5-11H,3-4,12H2,1-2H3,(H,23,24)/b22-11-. The van der Waals surface area contributed by atoms with Crippen LogP contribution >= 0.6 is 34.2 Å². The predicted octanol–water partition coefficient (Wildman–Crippen LogP) is 4.27. The number of ether oxygens (including phenoxy) is 3. The molecule has 0 unspecified atom stereocenters. The smallest absolute Gasteiger partial charge is 0.277 e. The second kappa shape index (κ2) is 11.0. The lowest BCUT2D eigenvalue weighted by atomic mass is 10.2. The minimum atomic E-state index is -0.369. The molecule has 144 valence electrons. The number of nitrogens with zero attached hydrogens (tertiary/aromatic N) is 1. The lowest BCUT2D eigenvalue weighted by Gasteiger charge is -2.13. The highest BCUT2D eigenvalue weighted by Gasteiger charge is 2.11. The number of carbonyl (C=O) groups is 1. The maximum atomic E-state index is 11.8. The number of amides is 1. The van der Waals surface area contributed by atoms with Crippen molar-refractivity contribution in [3.8, 4) is 17.2 Å². The van der Waals surface area contributed by atoms with Crippen molar-refractivity contribution in [2.24, 2.45) is 5.10 Å². The normalized spacial score (nSPS) is 10.7. The van der Waals surface area contributed by atoms with Crippen molar-refractivity contribution >= 4 is 46.3 Å². The lowest BCUT2D eigenvalue weighted by Crippen LogP contribution is -2.24. The molecular formula is C19H20ClIN2O4. The van der Waals surface area contributed by atoms with Gasteiger partial charge in [-0.25, -0.2) is 5.43 Å². The van der Waals surface area contributed by atoms with Crippen LogP contribution in [0, 0.1) is 3.57 Å². The van der Waals surface area contributed by atoms with E-state index in [0.29, 0.717) is 35.5 Å². The van der Waals surface area contributed by atoms with Gasteiger partial charge in [0.25, 0.3) is 5.91 Å². The van der Waals surface area contributed by atoms with E-state index >= 15 is 0 Å². The number of rotatable bonds is 9. The van der Waals surface area contributed by atoms with E-state index in [1.165, 1.54) is 0 Å². The van der Waals surface area contributed by atoms with Crippen LogP contribution in [0.4, 0.5) is 0 Å². The van der Waals surface area contributed by atoms with Gasteiger partial charge >= 0.3 is 0 Å². The fourth-order valence-corrected chi connectivity index (χ4v) is 3.01. The first-order chi connectivity index (χ1) is 13.0. The number of hydrazone groups is 1. The summed E-state index contributed by atoms with van der Waals surface area (Å²) >= 11 is 7.98. The molecular weight excluding hydrogens is 483 g/mol. The zero-order chi connectivity index (χ0) is 19.6. The molecule has 0 aliphatic heterocycles. The molecule has 0 radical (unpaired) electrons. The Balaban J connectivity index is 1.94. The highest BCUT2D eigenvalue weighted by molar-refractivity contribution is 14.1. The molecule has 0 spiro atoms. The molecule has 0 aromatic heterocycles. The number of carbonyl (C=O) groups excluding carboxylic acids is 1. The minimum absolute atomic E-state index is 0.149. The Morgan fingerprint density at radius 1 is 1.15 bits per heavy atom. The quantitative estimate of drug-likeness (QED) is 0.316. The number of halogens is 2. The summed E-state index contributed by atoms with van der Waals surface area (Å²) in [5, 5.41) is 4.57. The zero-order valence-electron chi connectivity index (χ0n) is 15.0. The summed E-state index contributed by atoms with van der Waals surface area (Å²) < 4.78 is 17.5. The van der Waals surface area contributed by atoms with Gasteiger partial charge in [0.15, 0.2) is 18.1 Å². The Hall–Kier alpha value is -2.00. The Bertz CT molecular complexity index is 797. The Morgan fingerprint density at radius 2 is 1.85 bits per heavy atom. The van der Waals surface area contributed by atoms with Gasteiger partial charge in [-0.05, 0) is 78.4 Å². The summed E-state index contributed by atoms with van der Waals surface area (Å²) in [6, 6.07) is 10.5. The third kappa shape index (κ3) is 6.91. The van der Waals surface area contributed by atoms with Crippen molar-refractivity contribution < 1.29 is 19.0 Å². The first kappa shape index (κ1) is 21.3. The summed E-state index contributed by atoms with van der Waals surface area (Å²) in [7, 11) is 0. The van der Waals surface area contributed by atoms with Crippen LogP contribution in [-0.4, -0.2) is 31.9 Å². The number of hydrogen-bond acceptors (Lipinski definition) is 5. The van der Waals surface area contributed by atoms with Gasteiger partial charge in [-0.15, -0.1) is 0 Å². The molecule has 0 heterocycles. The van der Waals surface area contributed by atoms with Crippen LogP contribution < -0.4 is 19.6 Å². The number of nitrogens with one attached hydrogen (secondary N) is 1. The first-order valence-electron chi connectivity index (χ1n) is 8.32. The molecule has 0 aliphatic rings. The molecule has 2 aromatic carbocycles. The van der Waals surface area contributed by atoms with E-state index < -0.39 is 0 Å². The Morgan fingerprint density at radius 3 is 2.52 bits per heavy atom. The van der Waals surface area contributed by atoms with Crippen molar-refractivity contribution in [2.75, 3.05) is 19.8 Å². The molecule has 1 N–H and O–H groups in total. The van der Waals surface area contributed by atoms with Crippen molar-refractivity contribution in [3.63, 3.8) is 0 Å². The van der Waals surface area contributed by atoms with Gasteiger partial charge in [-0.1, -0.05) is 11.6 Å². The monoisotopic (exact) mass is 502 g/mol. The summed E-state index contributed by atoms with van der Waals surface area (Å²) in [6.07, 6.45) is 1.54. The van der Waals surface area contributed by atoms with Crippen molar-refractivity contribution in [3.05, 3.63) is 50.6 Å². The van der Waals surface area contributed by atoms with Crippen LogP contribution in [0.1, 0.15) is 19.4 Å². The van der Waals surface area contributed by atoms with E-state index in [-0.39, 0.29) is 12.5 Å². The summed E-state index contributed by atoms with van der Waals surface area (Å²) in [5.74, 6) is 1.54. The minimum Gasteiger partial charge on any atom is -0.490 e. The molecule has 0 bridgehead atoms. The van der Waals surface area contributed by atoms with Gasteiger partial charge in [0.1, 0.15) is 5.75 Å². The molecule has 27 heavy (non-hydrogen) atoms. The zero-order valence-corrected chi connectivity index (χ0v) is 17.9. The van der Waals surface area contributed by atoms with E-state index in [1.807, 2.05) is 26.0 Å². The Labute approximate surface area is 177 Å². The molecule has 0 atom stereocenters. The third-order valence-corrected chi connectivity index (χ3v) is 4.26. The van der Waals surface area contributed by atoms with Gasteiger partial charge in [-0.3, -0.25) is 4.79 Å². The molecule has 1 amide bonds. The topological polar surface area (TPSA) is 69.2 Å². The highest BCUT2D eigenvalue weighted by Crippen LogP contribution is 2.33. The first-order valence-corrected chi connectivity index (χ1v) is 9.78. The van der Waals surface area contributed by atoms with Crippen LogP contribution in [0.5, 0.6) is 17.2 Å². The van der Waals surface area contributed by atoms with Crippen molar-refractivity contribution in [1.29, 1.82) is 0 Å². The molecule has 0 aliphatic carbocycles. The molecule has 8 heteroatoms. The summed E-state index contributed by atoms with van der Waals surface area (Å²) in [5.41, 5.74) is 3.21. The highest BCUT2D eigenvalue weighted by atomic mass is 127. The SMILES string of the molecule is CCOc1cc(/C=N\NC(=O)COc2ccc(Cl)cc2)cc(I)c1OCC. The predicted molar refractivity (Wildman–Crippen MR) is 114 cm³/mol. The molecule has 2 rings (SSSR count). The fourth-order valence-electron chi connectivity index (χ4n) is 2.10. The number of benzene rings is 2. The van der Waals surface area contributed by atoms with Gasteiger partial charge in [0.05, 0.1) is 23.0 Å². The van der Waals surface area contributed by atoms with E-state index in [4.69, 9.17) is 25.8 Å². The molecule has 0 saturated carbocycles. The Kier molecular flexibility index (Phi) is 8.66. The molecule has 0 saturated heterocycles. The fraction of sp³-hybridized carbons (Fsp3) is 0.263. The van der Waals surface area contributed by atoms with E-state index in [0.717, 1.165) is 9.13 Å². The van der Waals surface area contributed by atoms with Crippen molar-refractivity contribution in [2.45, 2.75) is 13.8 Å². The van der Waals surface area contributed by atoms with Crippen LogP contribution in [0.25, 0.3) is 0 Å². The van der Waals surface area contributed by atoms with E-state index in [2.05, 4.69) is 33.1 Å². The molecule has 0 fully saturated rings. The average Bonchev–Trinajstić information content (AvgIpc) is 2.64. The van der Waals surface area contributed by atoms with Gasteiger partial charge in [-0.2, -0.15) is 5.10 Å². The van der Waals surface area contributed by atoms with Crippen LogP contribution in [0.15, 0.2) is 41.5 Å². The third-order valence-electron chi connectivity index (χ3n) is 3.21. The summed E-state index contributed by atoms with van der Waals surface area (Å²) in [6.45, 7) is 4.75. The van der Waals surface area contributed by atoms with Crippen molar-refractivity contribution in [1.82, 2.24) is 5.43 Å². The maximum Gasteiger partial charge on any atom is 0.277 e. The van der Waals surface area contributed by atoms with E-state index in [9.17, 15) is 4.79 Å². The summed E-state index contributed by atoms with van der Waals surface area (Å²) in [4.78, 5) is 11.8. The average molecular weight is 503 g/mol. The second-order valence-corrected chi connectivity index (χ2v) is 6.83. The van der Waals surface area contributed by atoms with Crippen LogP contribution in [0.2, 0.25) is 5.02 Å². The number of hydrogen-bond donors (Lipinski definition) is 1. The molecule has 2 aromatic rings. The molecule has 6 nitrogen and oxygen atoms in total. The van der Waals surface area contributed by atoms with Gasteiger partial charge < -0.3 is 14.2 Å². The largest absolute Gasteiger partial charge is 0.490 e. The van der Waals surface area contributed by atoms with Crippen LogP contribution in [-0.2, 0) is 4.79 Å². The van der Waals surface area contributed by atoms with E-state index in [1.54, 1.807) is 30.5 Å². The second-order valence-electron chi connectivity index (χ2n) is 5.23. The van der Waals surface area contributed by atoms with Crippen LogP contribution in [0.3, 0.4) is 0 Å². The van der Waals surface area contributed by atoms with Gasteiger partial charge in [0.2, 0.25) is 0 Å².